The highest BCUT2D eigenvalue weighted by Gasteiger charge is 2.34. The molecule has 0 amide bonds. The number of hydrogen-bond donors (Lipinski definition) is 2. The van der Waals surface area contributed by atoms with Crippen LogP contribution in [-0.2, 0) is 0 Å². The zero-order chi connectivity index (χ0) is 19.3. The lowest BCUT2D eigenvalue weighted by molar-refractivity contribution is -0.143. The smallest absolute Gasteiger partial charge is 0.357 e. The predicted molar refractivity (Wildman–Crippen MR) is 115 cm³/mol. The van der Waals surface area contributed by atoms with E-state index in [1.807, 2.05) is 6.92 Å². The van der Waals surface area contributed by atoms with E-state index < -0.39 is 12.7 Å². The predicted octanol–water partition coefficient (Wildman–Crippen LogP) is 2.77. The molecule has 2 heterocycles. The van der Waals surface area contributed by atoms with E-state index in [0.717, 1.165) is 32.0 Å². The Hall–Kier alpha value is -0.290. The van der Waals surface area contributed by atoms with E-state index >= 15 is 0 Å². The summed E-state index contributed by atoms with van der Waals surface area (Å²) in [4.78, 5) is 8.60. The summed E-state index contributed by atoms with van der Waals surface area (Å²) in [6.45, 7) is 12.3. The Morgan fingerprint density at radius 2 is 1.93 bits per heavy atom. The first kappa shape index (κ1) is 24.7. The van der Waals surface area contributed by atoms with Gasteiger partial charge in [0.25, 0.3) is 0 Å². The molecule has 2 rings (SSSR count). The van der Waals surface area contributed by atoms with Crippen LogP contribution in [0.15, 0.2) is 4.99 Å². The highest BCUT2D eigenvalue weighted by atomic mass is 127. The summed E-state index contributed by atoms with van der Waals surface area (Å²) >= 11 is 0. The van der Waals surface area contributed by atoms with Gasteiger partial charge in [-0.25, -0.2) is 0 Å². The summed E-state index contributed by atoms with van der Waals surface area (Å²) in [5.74, 6) is 1.51. The van der Waals surface area contributed by atoms with Gasteiger partial charge < -0.3 is 10.6 Å². The topological polar surface area (TPSA) is 42.9 Å². The fraction of sp³-hybridized carbons (Fsp3) is 0.944. The van der Waals surface area contributed by atoms with Gasteiger partial charge in [0.1, 0.15) is 0 Å². The highest BCUT2D eigenvalue weighted by molar-refractivity contribution is 14.0. The van der Waals surface area contributed by atoms with Gasteiger partial charge in [-0.3, -0.25) is 14.8 Å². The van der Waals surface area contributed by atoms with E-state index in [9.17, 15) is 13.2 Å². The summed E-state index contributed by atoms with van der Waals surface area (Å²) in [5.41, 5.74) is 0. The number of guanidine groups is 1. The molecule has 2 fully saturated rings. The molecule has 2 N–H and O–H groups in total. The standard InChI is InChI=1S/C18H34F3N5.HI/c1-5-22-17(24-16-11-26(13(2)3)9-14(16)4)23-8-15-6-7-25(10-15)12-18(19,20)21;/h13-16H,5-12H2,1-4H3,(H2,22,23,24);1H. The molecule has 0 aliphatic carbocycles. The molecule has 2 aliphatic heterocycles. The van der Waals surface area contributed by atoms with Crippen LogP contribution in [0.1, 0.15) is 34.1 Å². The Labute approximate surface area is 178 Å². The summed E-state index contributed by atoms with van der Waals surface area (Å²) in [6.07, 6.45) is -3.34. The molecular formula is C18H35F3IN5. The lowest BCUT2D eigenvalue weighted by Gasteiger charge is -2.22. The Balaban J connectivity index is 0.00000364. The molecule has 9 heteroatoms. The molecule has 160 valence electrons. The minimum Gasteiger partial charge on any atom is -0.357 e. The number of alkyl halides is 3. The Morgan fingerprint density at radius 1 is 1.22 bits per heavy atom. The first-order valence-electron chi connectivity index (χ1n) is 9.76. The SMILES string of the molecule is CCNC(=NCC1CCN(CC(F)(F)F)C1)NC1CN(C(C)C)CC1C.I. The molecule has 3 atom stereocenters. The van der Waals surface area contributed by atoms with Crippen molar-refractivity contribution in [1.82, 2.24) is 20.4 Å². The molecular weight excluding hydrogens is 470 g/mol. The molecule has 0 aromatic carbocycles. The maximum absolute atomic E-state index is 12.5. The molecule has 0 saturated carbocycles. The van der Waals surface area contributed by atoms with Crippen molar-refractivity contribution in [2.24, 2.45) is 16.8 Å². The van der Waals surface area contributed by atoms with E-state index in [4.69, 9.17) is 0 Å². The number of halogens is 4. The van der Waals surface area contributed by atoms with Gasteiger partial charge in [0.2, 0.25) is 0 Å². The first-order valence-corrected chi connectivity index (χ1v) is 9.76. The van der Waals surface area contributed by atoms with Gasteiger partial charge in [-0.1, -0.05) is 6.92 Å². The number of hydrogen-bond acceptors (Lipinski definition) is 3. The van der Waals surface area contributed by atoms with Crippen molar-refractivity contribution in [3.8, 4) is 0 Å². The average molecular weight is 505 g/mol. The Morgan fingerprint density at radius 3 is 2.48 bits per heavy atom. The summed E-state index contributed by atoms with van der Waals surface area (Å²) in [6, 6.07) is 0.877. The van der Waals surface area contributed by atoms with E-state index in [2.05, 4.69) is 41.3 Å². The van der Waals surface area contributed by atoms with Gasteiger partial charge in [-0.05, 0) is 45.6 Å². The quantitative estimate of drug-likeness (QED) is 0.331. The number of nitrogens with one attached hydrogen (secondary N) is 2. The average Bonchev–Trinajstić information content (AvgIpc) is 3.10. The van der Waals surface area contributed by atoms with E-state index in [-0.39, 0.29) is 29.9 Å². The third-order valence-corrected chi connectivity index (χ3v) is 5.32. The summed E-state index contributed by atoms with van der Waals surface area (Å²) < 4.78 is 37.5. The van der Waals surface area contributed by atoms with Gasteiger partial charge in [0.05, 0.1) is 6.54 Å². The second-order valence-corrected chi connectivity index (χ2v) is 8.00. The van der Waals surface area contributed by atoms with E-state index in [1.54, 1.807) is 0 Å². The molecule has 0 aromatic heterocycles. The van der Waals surface area contributed by atoms with Crippen LogP contribution in [0.3, 0.4) is 0 Å². The molecule has 0 bridgehead atoms. The maximum Gasteiger partial charge on any atom is 0.401 e. The number of likely N-dealkylation sites (tertiary alicyclic amines) is 2. The fourth-order valence-corrected chi connectivity index (χ4v) is 3.79. The van der Waals surface area contributed by atoms with Crippen molar-refractivity contribution >= 4 is 29.9 Å². The highest BCUT2D eigenvalue weighted by Crippen LogP contribution is 2.23. The van der Waals surface area contributed by atoms with Crippen molar-refractivity contribution in [2.75, 3.05) is 45.8 Å². The summed E-state index contributed by atoms with van der Waals surface area (Å²) in [7, 11) is 0. The van der Waals surface area contributed by atoms with Crippen LogP contribution in [-0.4, -0.2) is 79.8 Å². The van der Waals surface area contributed by atoms with Crippen molar-refractivity contribution in [2.45, 2.75) is 52.4 Å². The van der Waals surface area contributed by atoms with Gasteiger partial charge >= 0.3 is 6.18 Å². The zero-order valence-corrected chi connectivity index (χ0v) is 19.2. The minimum absolute atomic E-state index is 0. The molecule has 5 nitrogen and oxygen atoms in total. The van der Waals surface area contributed by atoms with Crippen LogP contribution >= 0.6 is 24.0 Å². The van der Waals surface area contributed by atoms with Crippen LogP contribution in [0.25, 0.3) is 0 Å². The van der Waals surface area contributed by atoms with Crippen LogP contribution in [0.5, 0.6) is 0 Å². The van der Waals surface area contributed by atoms with Crippen molar-refractivity contribution in [3.63, 3.8) is 0 Å². The van der Waals surface area contributed by atoms with Crippen LogP contribution in [0.4, 0.5) is 13.2 Å². The van der Waals surface area contributed by atoms with Crippen LogP contribution in [0, 0.1) is 11.8 Å². The van der Waals surface area contributed by atoms with Crippen molar-refractivity contribution in [1.29, 1.82) is 0 Å². The van der Waals surface area contributed by atoms with Crippen molar-refractivity contribution in [3.05, 3.63) is 0 Å². The lowest BCUT2D eigenvalue weighted by Crippen LogP contribution is -2.47. The number of nitrogens with zero attached hydrogens (tertiary/aromatic N) is 3. The molecule has 0 aromatic rings. The molecule has 27 heavy (non-hydrogen) atoms. The van der Waals surface area contributed by atoms with Gasteiger partial charge in [0.15, 0.2) is 5.96 Å². The van der Waals surface area contributed by atoms with Gasteiger partial charge in [-0.2, -0.15) is 13.2 Å². The third-order valence-electron chi connectivity index (χ3n) is 5.32. The molecule has 0 radical (unpaired) electrons. The third kappa shape index (κ3) is 8.31. The lowest BCUT2D eigenvalue weighted by atomic mass is 10.1. The molecule has 3 unspecified atom stereocenters. The Bertz CT molecular complexity index is 472. The molecule has 2 saturated heterocycles. The zero-order valence-electron chi connectivity index (χ0n) is 16.9. The maximum atomic E-state index is 12.5. The normalized spacial score (nSPS) is 27.9. The first-order chi connectivity index (χ1) is 12.2. The second-order valence-electron chi connectivity index (χ2n) is 8.00. The summed E-state index contributed by atoms with van der Waals surface area (Å²) in [5, 5.41) is 6.80. The largest absolute Gasteiger partial charge is 0.401 e. The minimum atomic E-state index is -4.12. The van der Waals surface area contributed by atoms with Gasteiger partial charge in [-0.15, -0.1) is 24.0 Å². The van der Waals surface area contributed by atoms with E-state index in [0.29, 0.717) is 37.6 Å². The fourth-order valence-electron chi connectivity index (χ4n) is 3.79. The van der Waals surface area contributed by atoms with Crippen LogP contribution in [0.2, 0.25) is 0 Å². The number of aliphatic imine (C=N–C) groups is 1. The monoisotopic (exact) mass is 505 g/mol. The van der Waals surface area contributed by atoms with Crippen molar-refractivity contribution < 1.29 is 13.2 Å². The molecule has 2 aliphatic rings. The molecule has 0 spiro atoms. The van der Waals surface area contributed by atoms with Gasteiger partial charge in [0, 0.05) is 44.8 Å². The second kappa shape index (κ2) is 11.0. The van der Waals surface area contributed by atoms with E-state index in [1.165, 1.54) is 4.90 Å². The Kier molecular flexibility index (Phi) is 10.1. The van der Waals surface area contributed by atoms with Crippen LogP contribution < -0.4 is 10.6 Å². The number of rotatable bonds is 6.